The van der Waals surface area contributed by atoms with Crippen molar-refractivity contribution >= 4 is 15.9 Å². The van der Waals surface area contributed by atoms with E-state index >= 15 is 0 Å². The molecule has 0 aliphatic heterocycles. The lowest BCUT2D eigenvalue weighted by Crippen LogP contribution is -2.01. The number of hydrogen-bond donors (Lipinski definition) is 0. The second kappa shape index (κ2) is 5.66. The molecule has 94 valence electrons. The molecule has 0 N–H and O–H groups in total. The monoisotopic (exact) mass is 306 g/mol. The zero-order valence-corrected chi connectivity index (χ0v) is 12.2. The second-order valence-corrected chi connectivity index (χ2v) is 5.71. The molecule has 0 saturated carbocycles. The summed E-state index contributed by atoms with van der Waals surface area (Å²) in [4.78, 5) is 0.223. The molecule has 0 saturated heterocycles. The summed E-state index contributed by atoms with van der Waals surface area (Å²) in [6, 6.07) is 13.1. The molecule has 2 rings (SSSR count). The highest BCUT2D eigenvalue weighted by atomic mass is 79.9. The molecule has 0 aromatic heterocycles. The Labute approximate surface area is 116 Å². The minimum Gasteiger partial charge on any atom is -0.207 e. The maximum atomic E-state index is 13.2. The van der Waals surface area contributed by atoms with Crippen LogP contribution in [0.25, 0.3) is 0 Å². The van der Waals surface area contributed by atoms with E-state index in [0.29, 0.717) is 0 Å². The summed E-state index contributed by atoms with van der Waals surface area (Å²) in [5, 5.41) is 0. The number of halogens is 2. The van der Waals surface area contributed by atoms with Crippen LogP contribution < -0.4 is 0 Å². The fourth-order valence-corrected chi connectivity index (χ4v) is 3.39. The van der Waals surface area contributed by atoms with Gasteiger partial charge in [0, 0.05) is 4.83 Å². The summed E-state index contributed by atoms with van der Waals surface area (Å²) in [5.41, 5.74) is 4.86. The SMILES string of the molecule is Cc1cccc(C)c1C(Br)Cc1cccc(F)c1. The van der Waals surface area contributed by atoms with Gasteiger partial charge < -0.3 is 0 Å². The van der Waals surface area contributed by atoms with Crippen LogP contribution in [0.2, 0.25) is 0 Å². The van der Waals surface area contributed by atoms with E-state index in [-0.39, 0.29) is 10.6 Å². The van der Waals surface area contributed by atoms with Gasteiger partial charge in [-0.15, -0.1) is 0 Å². The quantitative estimate of drug-likeness (QED) is 0.690. The minimum absolute atomic E-state index is 0.172. The molecular weight excluding hydrogens is 291 g/mol. The Hall–Kier alpha value is -1.15. The first-order valence-electron chi connectivity index (χ1n) is 6.02. The molecule has 18 heavy (non-hydrogen) atoms. The van der Waals surface area contributed by atoms with Crippen molar-refractivity contribution < 1.29 is 4.39 Å². The second-order valence-electron chi connectivity index (χ2n) is 4.61. The van der Waals surface area contributed by atoms with Gasteiger partial charge >= 0.3 is 0 Å². The van der Waals surface area contributed by atoms with E-state index in [1.807, 2.05) is 6.07 Å². The Kier molecular flexibility index (Phi) is 4.18. The molecule has 0 amide bonds. The van der Waals surface area contributed by atoms with Gasteiger partial charge in [-0.3, -0.25) is 0 Å². The topological polar surface area (TPSA) is 0 Å². The van der Waals surface area contributed by atoms with Crippen LogP contribution in [0.1, 0.15) is 27.1 Å². The van der Waals surface area contributed by atoms with E-state index in [2.05, 4.69) is 48.0 Å². The molecule has 0 heterocycles. The van der Waals surface area contributed by atoms with Crippen molar-refractivity contribution in [3.63, 3.8) is 0 Å². The van der Waals surface area contributed by atoms with Gasteiger partial charge in [0.2, 0.25) is 0 Å². The lowest BCUT2D eigenvalue weighted by Gasteiger charge is -2.16. The average molecular weight is 307 g/mol. The maximum Gasteiger partial charge on any atom is 0.123 e. The Morgan fingerprint density at radius 1 is 1.06 bits per heavy atom. The largest absolute Gasteiger partial charge is 0.207 e. The van der Waals surface area contributed by atoms with E-state index < -0.39 is 0 Å². The highest BCUT2D eigenvalue weighted by Gasteiger charge is 2.13. The van der Waals surface area contributed by atoms with Gasteiger partial charge in [0.05, 0.1) is 0 Å². The third kappa shape index (κ3) is 2.99. The van der Waals surface area contributed by atoms with Crippen molar-refractivity contribution in [3.8, 4) is 0 Å². The summed E-state index contributed by atoms with van der Waals surface area (Å²) < 4.78 is 13.2. The molecule has 0 radical (unpaired) electrons. The first-order valence-corrected chi connectivity index (χ1v) is 6.94. The van der Waals surface area contributed by atoms with Crippen LogP contribution in [-0.4, -0.2) is 0 Å². The zero-order valence-electron chi connectivity index (χ0n) is 10.6. The van der Waals surface area contributed by atoms with E-state index in [0.717, 1.165) is 12.0 Å². The summed E-state index contributed by atoms with van der Waals surface area (Å²) in [6.45, 7) is 4.23. The first kappa shape index (κ1) is 13.3. The third-order valence-electron chi connectivity index (χ3n) is 3.16. The summed E-state index contributed by atoms with van der Waals surface area (Å²) >= 11 is 3.73. The van der Waals surface area contributed by atoms with Crippen LogP contribution in [-0.2, 0) is 6.42 Å². The lowest BCUT2D eigenvalue weighted by molar-refractivity contribution is 0.625. The van der Waals surface area contributed by atoms with E-state index in [1.54, 1.807) is 12.1 Å². The molecular formula is C16H16BrF. The van der Waals surface area contributed by atoms with Crippen molar-refractivity contribution in [1.29, 1.82) is 0 Å². The standard InChI is InChI=1S/C16H16BrF/c1-11-5-3-6-12(2)16(11)15(17)10-13-7-4-8-14(18)9-13/h3-9,15H,10H2,1-2H3. The number of alkyl halides is 1. The highest BCUT2D eigenvalue weighted by Crippen LogP contribution is 2.31. The van der Waals surface area contributed by atoms with Crippen LogP contribution in [0, 0.1) is 19.7 Å². The van der Waals surface area contributed by atoms with Gasteiger partial charge in [-0.1, -0.05) is 46.3 Å². The van der Waals surface area contributed by atoms with Crippen molar-refractivity contribution in [2.75, 3.05) is 0 Å². The van der Waals surface area contributed by atoms with Gasteiger partial charge in [-0.05, 0) is 54.7 Å². The normalized spacial score (nSPS) is 12.4. The van der Waals surface area contributed by atoms with Gasteiger partial charge in [0.15, 0.2) is 0 Å². The number of rotatable bonds is 3. The number of aryl methyl sites for hydroxylation is 2. The van der Waals surface area contributed by atoms with Crippen LogP contribution >= 0.6 is 15.9 Å². The van der Waals surface area contributed by atoms with E-state index in [1.165, 1.54) is 22.8 Å². The molecule has 2 aromatic rings. The number of hydrogen-bond acceptors (Lipinski definition) is 0. The maximum absolute atomic E-state index is 13.2. The Bertz CT molecular complexity index is 528. The average Bonchev–Trinajstić information content (AvgIpc) is 2.28. The molecule has 2 aromatic carbocycles. The van der Waals surface area contributed by atoms with Crippen LogP contribution in [0.5, 0.6) is 0 Å². The molecule has 1 atom stereocenters. The predicted molar refractivity (Wildman–Crippen MR) is 77.7 cm³/mol. The fourth-order valence-electron chi connectivity index (χ4n) is 2.29. The Morgan fingerprint density at radius 2 is 1.67 bits per heavy atom. The molecule has 2 heteroatoms. The first-order chi connectivity index (χ1) is 8.58. The molecule has 1 unspecified atom stereocenters. The van der Waals surface area contributed by atoms with Gasteiger partial charge in [-0.2, -0.15) is 0 Å². The minimum atomic E-state index is -0.172. The van der Waals surface area contributed by atoms with Crippen molar-refractivity contribution in [2.24, 2.45) is 0 Å². The van der Waals surface area contributed by atoms with Gasteiger partial charge in [0.25, 0.3) is 0 Å². The fraction of sp³-hybridized carbons (Fsp3) is 0.250. The van der Waals surface area contributed by atoms with Crippen LogP contribution in [0.3, 0.4) is 0 Å². The van der Waals surface area contributed by atoms with Gasteiger partial charge in [0.1, 0.15) is 5.82 Å². The van der Waals surface area contributed by atoms with Crippen molar-refractivity contribution in [1.82, 2.24) is 0 Å². The van der Waals surface area contributed by atoms with Gasteiger partial charge in [-0.25, -0.2) is 4.39 Å². The van der Waals surface area contributed by atoms with E-state index in [4.69, 9.17) is 0 Å². The summed E-state index contributed by atoms with van der Waals surface area (Å²) in [6.07, 6.45) is 0.795. The van der Waals surface area contributed by atoms with Crippen molar-refractivity contribution in [3.05, 3.63) is 70.5 Å². The number of benzene rings is 2. The molecule has 0 spiro atoms. The molecule has 0 aliphatic rings. The molecule has 0 fully saturated rings. The summed E-state index contributed by atoms with van der Waals surface area (Å²) in [5.74, 6) is -0.172. The molecule has 0 bridgehead atoms. The third-order valence-corrected chi connectivity index (χ3v) is 3.94. The van der Waals surface area contributed by atoms with Crippen LogP contribution in [0.4, 0.5) is 4.39 Å². The Balaban J connectivity index is 2.25. The van der Waals surface area contributed by atoms with E-state index in [9.17, 15) is 4.39 Å². The van der Waals surface area contributed by atoms with Crippen molar-refractivity contribution in [2.45, 2.75) is 25.1 Å². The lowest BCUT2D eigenvalue weighted by atomic mass is 9.96. The summed E-state index contributed by atoms with van der Waals surface area (Å²) in [7, 11) is 0. The molecule has 0 nitrogen and oxygen atoms in total. The smallest absolute Gasteiger partial charge is 0.123 e. The highest BCUT2D eigenvalue weighted by molar-refractivity contribution is 9.09. The molecule has 0 aliphatic carbocycles. The Morgan fingerprint density at radius 3 is 2.28 bits per heavy atom. The predicted octanol–water partition coefficient (Wildman–Crippen LogP) is 5.12. The van der Waals surface area contributed by atoms with Crippen LogP contribution in [0.15, 0.2) is 42.5 Å². The zero-order chi connectivity index (χ0) is 13.1.